The second-order valence-corrected chi connectivity index (χ2v) is 3.09. The summed E-state index contributed by atoms with van der Waals surface area (Å²) in [5.41, 5.74) is 1.18. The molecule has 3 nitrogen and oxygen atoms in total. The fourth-order valence-corrected chi connectivity index (χ4v) is 1.25. The van der Waals surface area contributed by atoms with E-state index < -0.39 is 0 Å². The molecule has 1 fully saturated rings. The smallest absolute Gasteiger partial charge is 0.0922 e. The van der Waals surface area contributed by atoms with E-state index in [1.807, 2.05) is 6.20 Å². The van der Waals surface area contributed by atoms with Crippen molar-refractivity contribution < 1.29 is 0 Å². The lowest BCUT2D eigenvalue weighted by molar-refractivity contribution is 0.337. The average molecular weight is 151 g/mol. The first-order valence-electron chi connectivity index (χ1n) is 4.16. The summed E-state index contributed by atoms with van der Waals surface area (Å²) in [7, 11) is 0. The number of nitrogens with zero attached hydrogens (tertiary/aromatic N) is 1. The summed E-state index contributed by atoms with van der Waals surface area (Å²) < 4.78 is 0. The van der Waals surface area contributed by atoms with E-state index in [0.29, 0.717) is 0 Å². The van der Waals surface area contributed by atoms with Crippen LogP contribution in [0.25, 0.3) is 0 Å². The molecule has 2 rings (SSSR count). The summed E-state index contributed by atoms with van der Waals surface area (Å²) in [6.45, 7) is 0.935. The van der Waals surface area contributed by atoms with Crippen molar-refractivity contribution in [2.24, 2.45) is 0 Å². The predicted molar refractivity (Wildman–Crippen MR) is 43.1 cm³/mol. The van der Waals surface area contributed by atoms with Crippen molar-refractivity contribution in [3.05, 3.63) is 18.2 Å². The zero-order valence-electron chi connectivity index (χ0n) is 6.51. The molecule has 0 aliphatic heterocycles. The van der Waals surface area contributed by atoms with Crippen molar-refractivity contribution in [3.8, 4) is 0 Å². The van der Waals surface area contributed by atoms with Crippen molar-refractivity contribution in [1.82, 2.24) is 15.3 Å². The van der Waals surface area contributed by atoms with Gasteiger partial charge in [0.15, 0.2) is 0 Å². The van der Waals surface area contributed by atoms with Crippen LogP contribution in [0.2, 0.25) is 0 Å². The molecule has 0 unspecified atom stereocenters. The van der Waals surface area contributed by atoms with E-state index in [4.69, 9.17) is 0 Å². The lowest BCUT2D eigenvalue weighted by Crippen LogP contribution is -2.34. The van der Waals surface area contributed by atoms with Gasteiger partial charge in [0.05, 0.1) is 6.33 Å². The second-order valence-electron chi connectivity index (χ2n) is 3.09. The molecule has 11 heavy (non-hydrogen) atoms. The highest BCUT2D eigenvalue weighted by Crippen LogP contribution is 2.18. The summed E-state index contributed by atoms with van der Waals surface area (Å²) in [5.74, 6) is 0. The molecule has 0 atom stereocenters. The van der Waals surface area contributed by atoms with Gasteiger partial charge in [-0.3, -0.25) is 0 Å². The van der Waals surface area contributed by atoms with Gasteiger partial charge in [0.25, 0.3) is 0 Å². The molecule has 1 aliphatic carbocycles. The van der Waals surface area contributed by atoms with Gasteiger partial charge in [-0.15, -0.1) is 0 Å². The van der Waals surface area contributed by atoms with Crippen LogP contribution >= 0.6 is 0 Å². The Morgan fingerprint density at radius 1 is 1.64 bits per heavy atom. The van der Waals surface area contributed by atoms with Crippen molar-refractivity contribution in [1.29, 1.82) is 0 Å². The molecule has 1 saturated carbocycles. The van der Waals surface area contributed by atoms with Crippen LogP contribution in [0.4, 0.5) is 0 Å². The molecule has 0 aromatic carbocycles. The number of hydrogen-bond acceptors (Lipinski definition) is 2. The summed E-state index contributed by atoms with van der Waals surface area (Å²) in [6.07, 6.45) is 7.66. The van der Waals surface area contributed by atoms with E-state index >= 15 is 0 Å². The van der Waals surface area contributed by atoms with E-state index in [2.05, 4.69) is 15.3 Å². The van der Waals surface area contributed by atoms with Crippen molar-refractivity contribution in [3.63, 3.8) is 0 Å². The van der Waals surface area contributed by atoms with Crippen LogP contribution in [-0.2, 0) is 6.54 Å². The Kier molecular flexibility index (Phi) is 1.90. The quantitative estimate of drug-likeness (QED) is 0.678. The van der Waals surface area contributed by atoms with Crippen LogP contribution in [0.5, 0.6) is 0 Å². The van der Waals surface area contributed by atoms with Crippen LogP contribution in [-0.4, -0.2) is 16.0 Å². The van der Waals surface area contributed by atoms with Crippen LogP contribution in [0.3, 0.4) is 0 Å². The van der Waals surface area contributed by atoms with E-state index in [1.165, 1.54) is 25.0 Å². The Bertz CT molecular complexity index is 201. The Hall–Kier alpha value is -0.830. The minimum atomic E-state index is 0.762. The molecule has 1 aromatic heterocycles. The standard InChI is InChI=1S/C8H13N3/c1-2-7(3-1)10-5-8-4-9-6-11-8/h4,6-7,10H,1-3,5H2,(H,9,11). The molecule has 2 N–H and O–H groups in total. The SMILES string of the molecule is c1ncc(CNC2CCC2)[nH]1. The molecule has 1 aliphatic rings. The zero-order valence-corrected chi connectivity index (χ0v) is 6.51. The number of H-pyrrole nitrogens is 1. The van der Waals surface area contributed by atoms with Gasteiger partial charge in [-0.05, 0) is 12.8 Å². The fourth-order valence-electron chi connectivity index (χ4n) is 1.25. The fraction of sp³-hybridized carbons (Fsp3) is 0.625. The number of rotatable bonds is 3. The number of imidazole rings is 1. The van der Waals surface area contributed by atoms with Gasteiger partial charge < -0.3 is 10.3 Å². The third-order valence-corrected chi connectivity index (χ3v) is 2.24. The average Bonchev–Trinajstić information content (AvgIpc) is 2.36. The van der Waals surface area contributed by atoms with Gasteiger partial charge in [-0.2, -0.15) is 0 Å². The van der Waals surface area contributed by atoms with Crippen LogP contribution < -0.4 is 5.32 Å². The molecule has 0 saturated heterocycles. The molecule has 0 radical (unpaired) electrons. The molecule has 1 aromatic rings. The van der Waals surface area contributed by atoms with Gasteiger partial charge in [0, 0.05) is 24.5 Å². The maximum absolute atomic E-state index is 3.95. The van der Waals surface area contributed by atoms with Gasteiger partial charge in [-0.25, -0.2) is 4.98 Å². The highest BCUT2D eigenvalue weighted by atomic mass is 15.0. The highest BCUT2D eigenvalue weighted by Gasteiger charge is 2.15. The molecule has 3 heteroatoms. The van der Waals surface area contributed by atoms with Gasteiger partial charge in [0.2, 0.25) is 0 Å². The summed E-state index contributed by atoms with van der Waals surface area (Å²) >= 11 is 0. The molecule has 0 amide bonds. The van der Waals surface area contributed by atoms with Crippen molar-refractivity contribution in [2.75, 3.05) is 0 Å². The number of aromatic nitrogens is 2. The first kappa shape index (κ1) is 6.85. The molecule has 1 heterocycles. The Morgan fingerprint density at radius 3 is 3.09 bits per heavy atom. The maximum atomic E-state index is 3.95. The molecule has 0 spiro atoms. The maximum Gasteiger partial charge on any atom is 0.0922 e. The Morgan fingerprint density at radius 2 is 2.55 bits per heavy atom. The minimum absolute atomic E-state index is 0.762. The molecule has 60 valence electrons. The van der Waals surface area contributed by atoms with Crippen LogP contribution in [0, 0.1) is 0 Å². The third-order valence-electron chi connectivity index (χ3n) is 2.24. The van der Waals surface area contributed by atoms with Crippen LogP contribution in [0.1, 0.15) is 25.0 Å². The number of nitrogens with one attached hydrogen (secondary N) is 2. The topological polar surface area (TPSA) is 40.7 Å². The van der Waals surface area contributed by atoms with Gasteiger partial charge >= 0.3 is 0 Å². The first-order chi connectivity index (χ1) is 5.45. The van der Waals surface area contributed by atoms with E-state index in [1.54, 1.807) is 6.33 Å². The lowest BCUT2D eigenvalue weighted by atomic mass is 9.93. The molecule has 0 bridgehead atoms. The van der Waals surface area contributed by atoms with Crippen molar-refractivity contribution in [2.45, 2.75) is 31.8 Å². The first-order valence-corrected chi connectivity index (χ1v) is 4.16. The zero-order chi connectivity index (χ0) is 7.52. The van der Waals surface area contributed by atoms with Crippen LogP contribution in [0.15, 0.2) is 12.5 Å². The molecular weight excluding hydrogens is 138 g/mol. The Balaban J connectivity index is 1.74. The summed E-state index contributed by atoms with van der Waals surface area (Å²) in [4.78, 5) is 7.02. The van der Waals surface area contributed by atoms with Gasteiger partial charge in [0.1, 0.15) is 0 Å². The minimum Gasteiger partial charge on any atom is -0.347 e. The summed E-state index contributed by atoms with van der Waals surface area (Å²) in [6, 6.07) is 0.762. The number of hydrogen-bond donors (Lipinski definition) is 2. The summed E-state index contributed by atoms with van der Waals surface area (Å²) in [5, 5.41) is 3.45. The Labute approximate surface area is 66.2 Å². The predicted octanol–water partition coefficient (Wildman–Crippen LogP) is 1.05. The van der Waals surface area contributed by atoms with Crippen molar-refractivity contribution >= 4 is 0 Å². The van der Waals surface area contributed by atoms with E-state index in [9.17, 15) is 0 Å². The van der Waals surface area contributed by atoms with E-state index in [0.717, 1.165) is 12.6 Å². The highest BCUT2D eigenvalue weighted by molar-refractivity contribution is 4.94. The lowest BCUT2D eigenvalue weighted by Gasteiger charge is -2.26. The number of aromatic amines is 1. The normalized spacial score (nSPS) is 18.2. The largest absolute Gasteiger partial charge is 0.347 e. The second kappa shape index (κ2) is 3.05. The molecular formula is C8H13N3. The third kappa shape index (κ3) is 1.60. The van der Waals surface area contributed by atoms with E-state index in [-0.39, 0.29) is 0 Å². The van der Waals surface area contributed by atoms with Gasteiger partial charge in [-0.1, -0.05) is 6.42 Å². The monoisotopic (exact) mass is 151 g/mol.